The fourth-order valence-corrected chi connectivity index (χ4v) is 1.01. The third-order valence-electron chi connectivity index (χ3n) is 0.931. The molecule has 6 nitrogen and oxygen atoms in total. The van der Waals surface area contributed by atoms with E-state index in [0.717, 1.165) is 6.08 Å². The van der Waals surface area contributed by atoms with Crippen LogP contribution in [0.5, 0.6) is 0 Å². The molecule has 0 rings (SSSR count). The van der Waals surface area contributed by atoms with Gasteiger partial charge in [0.05, 0.1) is 5.75 Å². The lowest BCUT2D eigenvalue weighted by Gasteiger charge is -2.02. The number of carbonyl (C=O) groups excluding carboxylic acids is 1. The van der Waals surface area contributed by atoms with Crippen molar-refractivity contribution in [3.8, 4) is 0 Å². The minimum atomic E-state index is -3.67. The number of hydrogen-bond donors (Lipinski definition) is 2. The normalized spacial score (nSPS) is 12.0. The van der Waals surface area contributed by atoms with Gasteiger partial charge in [-0.1, -0.05) is 13.5 Å². The molecular weight excluding hydrogens is 222 g/mol. The number of nitrogens with two attached hydrogens (primary N) is 1. The molecule has 0 saturated carbocycles. The van der Waals surface area contributed by atoms with Crippen molar-refractivity contribution in [2.45, 2.75) is 26.5 Å². The summed E-state index contributed by atoms with van der Waals surface area (Å²) in [6.45, 7) is 6.44. The van der Waals surface area contributed by atoms with E-state index in [1.54, 1.807) is 13.8 Å². The molecule has 0 fully saturated rings. The van der Waals surface area contributed by atoms with Crippen LogP contribution in [-0.4, -0.2) is 30.9 Å². The average molecular weight is 239 g/mol. The number of carbonyl (C=O) groups is 1. The molecule has 0 aliphatic carbocycles. The Bertz CT molecular complexity index is 283. The van der Waals surface area contributed by atoms with Crippen molar-refractivity contribution in [2.75, 3.05) is 5.75 Å². The van der Waals surface area contributed by atoms with Crippen molar-refractivity contribution in [1.29, 1.82) is 0 Å². The van der Waals surface area contributed by atoms with Crippen molar-refractivity contribution in [1.82, 2.24) is 0 Å². The van der Waals surface area contributed by atoms with Crippen LogP contribution in [-0.2, 0) is 19.6 Å². The Kier molecular flexibility index (Phi) is 9.24. The van der Waals surface area contributed by atoms with E-state index >= 15 is 0 Å². The maximum absolute atomic E-state index is 10.2. The summed E-state index contributed by atoms with van der Waals surface area (Å²) in [5.41, 5.74) is 5.08. The lowest BCUT2D eigenvalue weighted by atomic mass is 10.6. The monoisotopic (exact) mass is 239 g/mol. The largest absolute Gasteiger partial charge is 0.444 e. The third kappa shape index (κ3) is 19.5. The van der Waals surface area contributed by atoms with E-state index in [1.807, 2.05) is 0 Å². The summed E-state index contributed by atoms with van der Waals surface area (Å²) in [6, 6.07) is 0. The molecule has 1 atom stereocenters. The summed E-state index contributed by atoms with van der Waals surface area (Å²) in [4.78, 5) is 10.2. The zero-order valence-electron chi connectivity index (χ0n) is 8.84. The summed E-state index contributed by atoms with van der Waals surface area (Å²) in [5.74, 6) is -0.618. The quantitative estimate of drug-likeness (QED) is 0.316. The number of rotatable bonds is 4. The Morgan fingerprint density at radius 3 is 2.20 bits per heavy atom. The topological polar surface area (TPSA) is 107 Å². The molecule has 0 aliphatic rings. The van der Waals surface area contributed by atoms with Crippen molar-refractivity contribution in [3.05, 3.63) is 12.7 Å². The highest BCUT2D eigenvalue weighted by Crippen LogP contribution is 1.83. The number of hydrogen-bond acceptors (Lipinski definition) is 5. The second-order valence-electron chi connectivity index (χ2n) is 2.63. The van der Waals surface area contributed by atoms with Crippen LogP contribution < -0.4 is 5.73 Å². The van der Waals surface area contributed by atoms with E-state index in [0.29, 0.717) is 6.42 Å². The Hall–Kier alpha value is -0.920. The maximum Gasteiger partial charge on any atom is 0.331 e. The minimum Gasteiger partial charge on any atom is -0.444 e. The Morgan fingerprint density at radius 1 is 1.67 bits per heavy atom. The van der Waals surface area contributed by atoms with Gasteiger partial charge in [0.15, 0.2) is 0 Å². The van der Waals surface area contributed by atoms with Crippen LogP contribution in [0.3, 0.4) is 0 Å². The lowest BCUT2D eigenvalue weighted by molar-refractivity contribution is -0.141. The van der Waals surface area contributed by atoms with Crippen molar-refractivity contribution < 1.29 is 22.5 Å². The summed E-state index contributed by atoms with van der Waals surface area (Å²) in [6.07, 6.45) is 1.00. The number of ether oxygens (including phenoxy) is 1. The van der Waals surface area contributed by atoms with Gasteiger partial charge in [0.1, 0.15) is 6.23 Å². The molecule has 7 heteroatoms. The van der Waals surface area contributed by atoms with Gasteiger partial charge in [-0.3, -0.25) is 10.3 Å². The van der Waals surface area contributed by atoms with Crippen molar-refractivity contribution >= 4 is 16.1 Å². The molecule has 90 valence electrons. The van der Waals surface area contributed by atoms with Crippen LogP contribution in [0, 0.1) is 0 Å². The van der Waals surface area contributed by atoms with E-state index in [-0.39, 0.29) is 5.75 Å². The first-order valence-corrected chi connectivity index (χ1v) is 5.87. The highest BCUT2D eigenvalue weighted by atomic mass is 32.2. The van der Waals surface area contributed by atoms with Gasteiger partial charge in [0, 0.05) is 6.08 Å². The highest BCUT2D eigenvalue weighted by molar-refractivity contribution is 7.85. The van der Waals surface area contributed by atoms with Crippen LogP contribution in [0.25, 0.3) is 0 Å². The molecule has 0 saturated heterocycles. The van der Waals surface area contributed by atoms with Gasteiger partial charge >= 0.3 is 5.97 Å². The molecule has 0 bridgehead atoms. The first-order chi connectivity index (χ1) is 6.72. The third-order valence-corrected chi connectivity index (χ3v) is 1.85. The van der Waals surface area contributed by atoms with E-state index in [9.17, 15) is 13.2 Å². The van der Waals surface area contributed by atoms with Gasteiger partial charge in [-0.15, -0.1) is 0 Å². The zero-order chi connectivity index (χ0) is 12.5. The molecule has 0 aromatic carbocycles. The predicted molar refractivity (Wildman–Crippen MR) is 56.6 cm³/mol. The van der Waals surface area contributed by atoms with Gasteiger partial charge in [-0.2, -0.15) is 8.42 Å². The summed E-state index contributed by atoms with van der Waals surface area (Å²) < 4.78 is 32.0. The molecule has 0 heterocycles. The first-order valence-electron chi connectivity index (χ1n) is 4.26. The van der Waals surface area contributed by atoms with Crippen LogP contribution in [0.2, 0.25) is 0 Å². The Morgan fingerprint density at radius 2 is 2.13 bits per heavy atom. The predicted octanol–water partition coefficient (Wildman–Crippen LogP) is 0.305. The molecule has 0 amide bonds. The fourth-order valence-electron chi connectivity index (χ4n) is 0.489. The maximum atomic E-state index is 10.2. The SMILES string of the molecule is C=CC(=O)OC(C)N.CCCS(=O)(=O)O. The minimum absolute atomic E-state index is 0.132. The Labute approximate surface area is 89.9 Å². The zero-order valence-corrected chi connectivity index (χ0v) is 9.66. The molecule has 0 aromatic rings. The van der Waals surface area contributed by atoms with Gasteiger partial charge in [-0.05, 0) is 13.3 Å². The first kappa shape index (κ1) is 16.5. The second-order valence-corrected chi connectivity index (χ2v) is 4.20. The van der Waals surface area contributed by atoms with Gasteiger partial charge in [-0.25, -0.2) is 4.79 Å². The van der Waals surface area contributed by atoms with Gasteiger partial charge < -0.3 is 4.74 Å². The molecule has 0 aromatic heterocycles. The van der Waals surface area contributed by atoms with Crippen LogP contribution in [0.4, 0.5) is 0 Å². The smallest absolute Gasteiger partial charge is 0.331 e. The van der Waals surface area contributed by atoms with Crippen LogP contribution in [0.1, 0.15) is 20.3 Å². The van der Waals surface area contributed by atoms with E-state index in [4.69, 9.17) is 10.3 Å². The van der Waals surface area contributed by atoms with Gasteiger partial charge in [0.25, 0.3) is 10.1 Å². The fraction of sp³-hybridized carbons (Fsp3) is 0.625. The van der Waals surface area contributed by atoms with E-state index in [2.05, 4.69) is 11.3 Å². The molecular formula is C8H17NO5S. The molecule has 1 unspecified atom stereocenters. The molecule has 15 heavy (non-hydrogen) atoms. The molecule has 0 radical (unpaired) electrons. The lowest BCUT2D eigenvalue weighted by Crippen LogP contribution is -2.21. The van der Waals surface area contributed by atoms with Gasteiger partial charge in [0.2, 0.25) is 0 Å². The number of esters is 1. The van der Waals surface area contributed by atoms with Crippen molar-refractivity contribution in [3.63, 3.8) is 0 Å². The second kappa shape index (κ2) is 8.39. The molecule has 3 N–H and O–H groups in total. The average Bonchev–Trinajstić information content (AvgIpc) is 2.01. The van der Waals surface area contributed by atoms with Crippen molar-refractivity contribution in [2.24, 2.45) is 5.73 Å². The van der Waals surface area contributed by atoms with Crippen LogP contribution in [0.15, 0.2) is 12.7 Å². The Balaban J connectivity index is 0. The molecule has 0 aliphatic heterocycles. The summed E-state index contributed by atoms with van der Waals surface area (Å²) >= 11 is 0. The standard InChI is InChI=1S/C5H9NO2.C3H8O3S/c1-3-5(7)8-4(2)6;1-2-3-7(4,5)6/h3-4H,1,6H2,2H3;2-3H2,1H3,(H,4,5,6). The van der Waals surface area contributed by atoms with Crippen LogP contribution >= 0.6 is 0 Å². The summed E-state index contributed by atoms with van der Waals surface area (Å²) in [5, 5.41) is 0. The summed E-state index contributed by atoms with van der Waals surface area (Å²) in [7, 11) is -3.67. The molecule has 0 spiro atoms. The van der Waals surface area contributed by atoms with E-state index < -0.39 is 22.3 Å². The highest BCUT2D eigenvalue weighted by Gasteiger charge is 1.98. The van der Waals surface area contributed by atoms with E-state index in [1.165, 1.54) is 0 Å².